The van der Waals surface area contributed by atoms with Gasteiger partial charge in [-0.1, -0.05) is 6.07 Å². The number of carbonyl (C=O) groups excluding carboxylic acids is 1. The Labute approximate surface area is 181 Å². The molecule has 2 heterocycles. The van der Waals surface area contributed by atoms with Gasteiger partial charge in [-0.25, -0.2) is 4.98 Å². The number of nitrogens with zero attached hydrogens (tertiary/aromatic N) is 2. The van der Waals surface area contributed by atoms with Gasteiger partial charge in [-0.05, 0) is 43.9 Å². The monoisotopic (exact) mass is 424 g/mol. The van der Waals surface area contributed by atoms with Crippen molar-refractivity contribution in [1.29, 1.82) is 0 Å². The summed E-state index contributed by atoms with van der Waals surface area (Å²) in [5.41, 5.74) is 2.52. The highest BCUT2D eigenvalue weighted by molar-refractivity contribution is 5.95. The molecule has 0 atom stereocenters. The zero-order valence-electron chi connectivity index (χ0n) is 18.3. The van der Waals surface area contributed by atoms with Gasteiger partial charge in [-0.2, -0.15) is 0 Å². The lowest BCUT2D eigenvalue weighted by molar-refractivity contribution is -0.116. The molecule has 0 unspecified atom stereocenters. The summed E-state index contributed by atoms with van der Waals surface area (Å²) in [6.45, 7) is 1.77. The van der Waals surface area contributed by atoms with Crippen LogP contribution in [-0.2, 0) is 11.3 Å². The molecule has 2 aromatic heterocycles. The molecule has 0 bridgehead atoms. The van der Waals surface area contributed by atoms with Gasteiger partial charge in [0.25, 0.3) is 0 Å². The Kier molecular flexibility index (Phi) is 7.50. The summed E-state index contributed by atoms with van der Waals surface area (Å²) >= 11 is 0. The molecule has 0 spiro atoms. The largest absolute Gasteiger partial charge is 0.493 e. The van der Waals surface area contributed by atoms with E-state index in [9.17, 15) is 4.79 Å². The number of hydrogen-bond acceptors (Lipinski definition) is 6. The fourth-order valence-corrected chi connectivity index (χ4v) is 2.97. The minimum Gasteiger partial charge on any atom is -0.493 e. The van der Waals surface area contributed by atoms with Crippen LogP contribution < -0.4 is 19.5 Å². The van der Waals surface area contributed by atoms with Crippen LogP contribution in [0, 0.1) is 0 Å². The molecular formula is C23H28N4O4. The maximum Gasteiger partial charge on any atom is 0.244 e. The van der Waals surface area contributed by atoms with Crippen LogP contribution in [0.3, 0.4) is 0 Å². The van der Waals surface area contributed by atoms with Crippen LogP contribution in [0.5, 0.6) is 17.2 Å². The first-order chi connectivity index (χ1) is 15.0. The van der Waals surface area contributed by atoms with Crippen molar-refractivity contribution in [1.82, 2.24) is 20.2 Å². The zero-order valence-corrected chi connectivity index (χ0v) is 18.3. The van der Waals surface area contributed by atoms with Gasteiger partial charge in [0.05, 0.1) is 20.4 Å². The number of amides is 1. The molecule has 0 aliphatic heterocycles. The van der Waals surface area contributed by atoms with E-state index in [1.165, 1.54) is 6.08 Å². The highest BCUT2D eigenvalue weighted by Gasteiger charge is 2.07. The van der Waals surface area contributed by atoms with E-state index in [1.807, 2.05) is 44.6 Å². The molecule has 0 aliphatic rings. The lowest BCUT2D eigenvalue weighted by atomic mass is 10.2. The van der Waals surface area contributed by atoms with Gasteiger partial charge in [-0.3, -0.25) is 4.79 Å². The summed E-state index contributed by atoms with van der Waals surface area (Å²) in [6.07, 6.45) is 6.77. The second kappa shape index (κ2) is 10.5. The first-order valence-electron chi connectivity index (χ1n) is 9.91. The molecule has 0 fully saturated rings. The van der Waals surface area contributed by atoms with E-state index in [2.05, 4.69) is 20.2 Å². The minimum atomic E-state index is -0.199. The SMILES string of the molecule is COc1ccc(CNC(=O)/C=C/c2c[nH]c3ncc(OCCN(C)C)cc23)cc1OC. The molecule has 1 aromatic carbocycles. The number of ether oxygens (including phenoxy) is 3. The highest BCUT2D eigenvalue weighted by Crippen LogP contribution is 2.27. The van der Waals surface area contributed by atoms with Crippen LogP contribution in [0.2, 0.25) is 0 Å². The van der Waals surface area contributed by atoms with Crippen LogP contribution in [0.4, 0.5) is 0 Å². The molecule has 164 valence electrons. The zero-order chi connectivity index (χ0) is 22.2. The standard InChI is InChI=1S/C23H28N4O4/c1-27(2)9-10-31-18-12-19-17(14-25-23(19)26-15-18)6-8-22(28)24-13-16-5-7-20(29-3)21(11-16)30-4/h5-8,11-12,14-15H,9-10,13H2,1-4H3,(H,24,28)(H,25,26)/b8-6+. The van der Waals surface area contributed by atoms with Gasteiger partial charge < -0.3 is 29.4 Å². The van der Waals surface area contributed by atoms with E-state index in [1.54, 1.807) is 26.5 Å². The first kappa shape index (κ1) is 22.2. The summed E-state index contributed by atoms with van der Waals surface area (Å²) < 4.78 is 16.3. The van der Waals surface area contributed by atoms with Gasteiger partial charge in [0.2, 0.25) is 5.91 Å². The van der Waals surface area contributed by atoms with Crippen molar-refractivity contribution in [3.8, 4) is 17.2 Å². The molecule has 1 amide bonds. The fourth-order valence-electron chi connectivity index (χ4n) is 2.97. The van der Waals surface area contributed by atoms with Crippen molar-refractivity contribution >= 4 is 23.0 Å². The smallest absolute Gasteiger partial charge is 0.244 e. The lowest BCUT2D eigenvalue weighted by Gasteiger charge is -2.10. The van der Waals surface area contributed by atoms with E-state index in [0.29, 0.717) is 30.4 Å². The summed E-state index contributed by atoms with van der Waals surface area (Å²) in [4.78, 5) is 21.8. The average Bonchev–Trinajstić information content (AvgIpc) is 3.18. The van der Waals surface area contributed by atoms with Gasteiger partial charge in [0.15, 0.2) is 11.5 Å². The van der Waals surface area contributed by atoms with Gasteiger partial charge >= 0.3 is 0 Å². The van der Waals surface area contributed by atoms with Crippen molar-refractivity contribution in [3.05, 3.63) is 53.9 Å². The first-order valence-corrected chi connectivity index (χ1v) is 9.91. The van der Waals surface area contributed by atoms with Crippen molar-refractivity contribution in [2.45, 2.75) is 6.54 Å². The second-order valence-corrected chi connectivity index (χ2v) is 7.20. The number of fused-ring (bicyclic) bond motifs is 1. The third kappa shape index (κ3) is 5.99. The average molecular weight is 425 g/mol. The predicted octanol–water partition coefficient (Wildman–Crippen LogP) is 2.85. The third-order valence-corrected chi connectivity index (χ3v) is 4.67. The maximum absolute atomic E-state index is 12.3. The number of H-pyrrole nitrogens is 1. The Morgan fingerprint density at radius 3 is 2.74 bits per heavy atom. The third-order valence-electron chi connectivity index (χ3n) is 4.67. The quantitative estimate of drug-likeness (QED) is 0.487. The normalized spacial score (nSPS) is 11.3. The molecular weight excluding hydrogens is 396 g/mol. The molecule has 0 saturated heterocycles. The molecule has 3 aromatic rings. The Morgan fingerprint density at radius 2 is 2.00 bits per heavy atom. The Balaban J connectivity index is 1.62. The van der Waals surface area contributed by atoms with Crippen LogP contribution in [0.15, 0.2) is 42.7 Å². The number of aromatic amines is 1. The van der Waals surface area contributed by atoms with Gasteiger partial charge in [0.1, 0.15) is 18.0 Å². The molecule has 0 radical (unpaired) electrons. The number of aromatic nitrogens is 2. The second-order valence-electron chi connectivity index (χ2n) is 7.20. The lowest BCUT2D eigenvalue weighted by Crippen LogP contribution is -2.20. The molecule has 8 nitrogen and oxygen atoms in total. The number of methoxy groups -OCH3 is 2. The maximum atomic E-state index is 12.3. The van der Waals surface area contributed by atoms with Crippen LogP contribution in [0.25, 0.3) is 17.1 Å². The van der Waals surface area contributed by atoms with Gasteiger partial charge in [0, 0.05) is 36.3 Å². The van der Waals surface area contributed by atoms with E-state index >= 15 is 0 Å². The molecule has 31 heavy (non-hydrogen) atoms. The van der Waals surface area contributed by atoms with Crippen molar-refractivity contribution in [2.24, 2.45) is 0 Å². The van der Waals surface area contributed by atoms with E-state index in [4.69, 9.17) is 14.2 Å². The van der Waals surface area contributed by atoms with E-state index in [0.717, 1.165) is 28.7 Å². The summed E-state index contributed by atoms with van der Waals surface area (Å²) in [5.74, 6) is 1.77. The van der Waals surface area contributed by atoms with Crippen LogP contribution in [0.1, 0.15) is 11.1 Å². The number of nitrogens with one attached hydrogen (secondary N) is 2. The topological polar surface area (TPSA) is 88.7 Å². The summed E-state index contributed by atoms with van der Waals surface area (Å²) in [5, 5.41) is 3.77. The number of benzene rings is 1. The number of pyridine rings is 1. The number of rotatable bonds is 10. The molecule has 2 N–H and O–H groups in total. The van der Waals surface area contributed by atoms with Crippen molar-refractivity contribution in [2.75, 3.05) is 41.5 Å². The molecule has 0 aliphatic carbocycles. The van der Waals surface area contributed by atoms with Gasteiger partial charge in [-0.15, -0.1) is 0 Å². The Morgan fingerprint density at radius 1 is 1.19 bits per heavy atom. The number of hydrogen-bond donors (Lipinski definition) is 2. The highest BCUT2D eigenvalue weighted by atomic mass is 16.5. The summed E-state index contributed by atoms with van der Waals surface area (Å²) in [7, 11) is 7.16. The van der Waals surface area contributed by atoms with E-state index in [-0.39, 0.29) is 5.91 Å². The number of likely N-dealkylation sites (N-methyl/N-ethyl adjacent to an activating group) is 1. The van der Waals surface area contributed by atoms with E-state index < -0.39 is 0 Å². The van der Waals surface area contributed by atoms with Crippen molar-refractivity contribution in [3.63, 3.8) is 0 Å². The fraction of sp³-hybridized carbons (Fsp3) is 0.304. The molecule has 3 rings (SSSR count). The Bertz CT molecular complexity index is 1060. The summed E-state index contributed by atoms with van der Waals surface area (Å²) in [6, 6.07) is 7.46. The van der Waals surface area contributed by atoms with Crippen LogP contribution >= 0.6 is 0 Å². The molecule has 0 saturated carbocycles. The number of carbonyl (C=O) groups is 1. The minimum absolute atomic E-state index is 0.199. The molecule has 8 heteroatoms. The van der Waals surface area contributed by atoms with Crippen LogP contribution in [-0.4, -0.2) is 62.2 Å². The van der Waals surface area contributed by atoms with Crippen molar-refractivity contribution < 1.29 is 19.0 Å². The predicted molar refractivity (Wildman–Crippen MR) is 121 cm³/mol. The Hall–Kier alpha value is -3.52.